The highest BCUT2D eigenvalue weighted by Gasteiger charge is 2.27. The van der Waals surface area contributed by atoms with Crippen LogP contribution in [-0.4, -0.2) is 43.1 Å². The second kappa shape index (κ2) is 11.8. The first kappa shape index (κ1) is 20.1. The fourth-order valence-electron chi connectivity index (χ4n) is 1.43. The van der Waals surface area contributed by atoms with Gasteiger partial charge in [0.2, 0.25) is 5.91 Å². The van der Waals surface area contributed by atoms with Crippen molar-refractivity contribution in [2.75, 3.05) is 20.2 Å². The number of alkyl carbamates (subject to hydrolysis) is 1. The third-order valence-electron chi connectivity index (χ3n) is 2.47. The molecule has 0 heterocycles. The minimum absolute atomic E-state index is 0.0344. The number of nitrogens with one attached hydrogen (secondary N) is 1. The molecule has 0 saturated heterocycles. The van der Waals surface area contributed by atoms with E-state index in [1.807, 2.05) is 27.7 Å². The number of amides is 2. The quantitative estimate of drug-likeness (QED) is 0.838. The van der Waals surface area contributed by atoms with E-state index in [1.54, 1.807) is 4.90 Å². The van der Waals surface area contributed by atoms with Gasteiger partial charge >= 0.3 is 6.09 Å². The largest absolute Gasteiger partial charge is 0.453 e. The van der Waals surface area contributed by atoms with E-state index in [2.05, 4.69) is 23.9 Å². The molecule has 0 saturated carbocycles. The maximum atomic E-state index is 12.1. The standard InChI is InChI=1S/C11H22N2O3.C3H8/c1-6-13(7-2)10(14)9(8(3)4)12-11(15)16-5;1-3-2/h8-9H,6-7H2,1-5H3,(H,12,15);3H2,1-2H3. The molecule has 114 valence electrons. The van der Waals surface area contributed by atoms with E-state index < -0.39 is 12.1 Å². The molecule has 1 unspecified atom stereocenters. The number of carbonyl (C=O) groups is 2. The van der Waals surface area contributed by atoms with E-state index in [-0.39, 0.29) is 11.8 Å². The van der Waals surface area contributed by atoms with Crippen LogP contribution < -0.4 is 5.32 Å². The van der Waals surface area contributed by atoms with E-state index >= 15 is 0 Å². The summed E-state index contributed by atoms with van der Waals surface area (Å²) < 4.78 is 4.51. The number of likely N-dealkylation sites (N-methyl/N-ethyl adjacent to an activating group) is 1. The molecule has 2 amide bonds. The molecule has 5 heteroatoms. The van der Waals surface area contributed by atoms with Crippen LogP contribution in [0.3, 0.4) is 0 Å². The van der Waals surface area contributed by atoms with Crippen LogP contribution in [0.25, 0.3) is 0 Å². The van der Waals surface area contributed by atoms with Crippen LogP contribution in [0.15, 0.2) is 0 Å². The number of rotatable bonds is 5. The first-order chi connectivity index (χ1) is 8.89. The fraction of sp³-hybridized carbons (Fsp3) is 0.857. The monoisotopic (exact) mass is 274 g/mol. The van der Waals surface area contributed by atoms with Crippen LogP contribution in [0.2, 0.25) is 0 Å². The van der Waals surface area contributed by atoms with Gasteiger partial charge in [-0.05, 0) is 19.8 Å². The Morgan fingerprint density at radius 2 is 1.53 bits per heavy atom. The van der Waals surface area contributed by atoms with Crippen molar-refractivity contribution in [1.29, 1.82) is 0 Å². The third-order valence-corrected chi connectivity index (χ3v) is 2.47. The molecule has 0 aliphatic carbocycles. The van der Waals surface area contributed by atoms with Crippen LogP contribution in [-0.2, 0) is 9.53 Å². The fourth-order valence-corrected chi connectivity index (χ4v) is 1.43. The minimum Gasteiger partial charge on any atom is -0.453 e. The zero-order chi connectivity index (χ0) is 15.4. The van der Waals surface area contributed by atoms with E-state index in [9.17, 15) is 9.59 Å². The normalized spacial score (nSPS) is 11.2. The predicted octanol–water partition coefficient (Wildman–Crippen LogP) is 2.65. The second-order valence-electron chi connectivity index (χ2n) is 4.58. The zero-order valence-electron chi connectivity index (χ0n) is 13.4. The van der Waals surface area contributed by atoms with E-state index in [0.29, 0.717) is 13.1 Å². The number of nitrogens with zero attached hydrogens (tertiary/aromatic N) is 1. The zero-order valence-corrected chi connectivity index (χ0v) is 13.4. The van der Waals surface area contributed by atoms with Gasteiger partial charge in [-0.1, -0.05) is 34.1 Å². The van der Waals surface area contributed by atoms with E-state index in [0.717, 1.165) is 0 Å². The van der Waals surface area contributed by atoms with Crippen molar-refractivity contribution in [1.82, 2.24) is 10.2 Å². The van der Waals surface area contributed by atoms with Crippen molar-refractivity contribution in [3.05, 3.63) is 0 Å². The smallest absolute Gasteiger partial charge is 0.407 e. The molecule has 0 fully saturated rings. The highest BCUT2D eigenvalue weighted by molar-refractivity contribution is 5.85. The maximum absolute atomic E-state index is 12.1. The molecule has 0 rings (SSSR count). The molecule has 19 heavy (non-hydrogen) atoms. The van der Waals surface area contributed by atoms with Crippen molar-refractivity contribution < 1.29 is 14.3 Å². The van der Waals surface area contributed by atoms with Crippen molar-refractivity contribution >= 4 is 12.0 Å². The first-order valence-corrected chi connectivity index (χ1v) is 7.02. The van der Waals surface area contributed by atoms with Crippen LogP contribution in [0.5, 0.6) is 0 Å². The molecule has 5 nitrogen and oxygen atoms in total. The Labute approximate surface area is 117 Å². The molecular formula is C14H30N2O3. The summed E-state index contributed by atoms with van der Waals surface area (Å²) in [4.78, 5) is 24.9. The number of carbonyl (C=O) groups excluding carboxylic acids is 2. The molecule has 0 aromatic rings. The lowest BCUT2D eigenvalue weighted by molar-refractivity contribution is -0.134. The summed E-state index contributed by atoms with van der Waals surface area (Å²) in [6.45, 7) is 13.1. The van der Waals surface area contributed by atoms with E-state index in [4.69, 9.17) is 0 Å². The topological polar surface area (TPSA) is 58.6 Å². The average Bonchev–Trinajstić information content (AvgIpc) is 2.37. The van der Waals surface area contributed by atoms with Crippen molar-refractivity contribution in [2.24, 2.45) is 5.92 Å². The highest BCUT2D eigenvalue weighted by Crippen LogP contribution is 2.06. The summed E-state index contributed by atoms with van der Waals surface area (Å²) in [7, 11) is 1.29. The van der Waals surface area contributed by atoms with Crippen molar-refractivity contribution in [3.8, 4) is 0 Å². The lowest BCUT2D eigenvalue weighted by Gasteiger charge is -2.27. The van der Waals surface area contributed by atoms with Gasteiger partial charge in [0, 0.05) is 13.1 Å². The molecule has 0 aliphatic heterocycles. The number of hydrogen-bond donors (Lipinski definition) is 1. The lowest BCUT2D eigenvalue weighted by Crippen LogP contribution is -2.51. The number of hydrogen-bond acceptors (Lipinski definition) is 3. The summed E-state index contributed by atoms with van der Waals surface area (Å²) in [5.41, 5.74) is 0. The Bertz CT molecular complexity index is 251. The summed E-state index contributed by atoms with van der Waals surface area (Å²) in [5.74, 6) is -0.0300. The summed E-state index contributed by atoms with van der Waals surface area (Å²) in [6.07, 6.45) is 0.680. The third kappa shape index (κ3) is 8.46. The Morgan fingerprint density at radius 3 is 1.79 bits per heavy atom. The van der Waals surface area contributed by atoms with Crippen LogP contribution in [0.4, 0.5) is 4.79 Å². The summed E-state index contributed by atoms with van der Waals surface area (Å²) in [5, 5.41) is 2.56. The minimum atomic E-state index is -0.570. The molecule has 0 aromatic carbocycles. The Morgan fingerprint density at radius 1 is 1.11 bits per heavy atom. The van der Waals surface area contributed by atoms with Gasteiger partial charge in [0.25, 0.3) is 0 Å². The molecule has 0 aliphatic rings. The van der Waals surface area contributed by atoms with Gasteiger partial charge < -0.3 is 15.0 Å². The van der Waals surface area contributed by atoms with Gasteiger partial charge in [0.15, 0.2) is 0 Å². The Kier molecular flexibility index (Phi) is 12.5. The SMILES string of the molecule is CCC.CCN(CC)C(=O)C(NC(=O)OC)C(C)C. The average molecular weight is 274 g/mol. The van der Waals surface area contributed by atoms with E-state index in [1.165, 1.54) is 13.5 Å². The van der Waals surface area contributed by atoms with Gasteiger partial charge in [0.05, 0.1) is 7.11 Å². The van der Waals surface area contributed by atoms with Gasteiger partial charge in [0.1, 0.15) is 6.04 Å². The number of ether oxygens (including phenoxy) is 1. The lowest BCUT2D eigenvalue weighted by atomic mass is 10.0. The molecule has 1 N–H and O–H groups in total. The molecule has 1 atom stereocenters. The molecule has 0 bridgehead atoms. The Hall–Kier alpha value is -1.26. The van der Waals surface area contributed by atoms with Gasteiger partial charge in [-0.25, -0.2) is 4.79 Å². The summed E-state index contributed by atoms with van der Waals surface area (Å²) >= 11 is 0. The predicted molar refractivity (Wildman–Crippen MR) is 78.1 cm³/mol. The summed E-state index contributed by atoms with van der Waals surface area (Å²) in [6, 6.07) is -0.521. The van der Waals surface area contributed by atoms with Crippen LogP contribution >= 0.6 is 0 Å². The molecule has 0 aromatic heterocycles. The van der Waals surface area contributed by atoms with Gasteiger partial charge in [-0.3, -0.25) is 4.79 Å². The second-order valence-corrected chi connectivity index (χ2v) is 4.58. The first-order valence-electron chi connectivity index (χ1n) is 7.02. The highest BCUT2D eigenvalue weighted by atomic mass is 16.5. The van der Waals surface area contributed by atoms with Crippen LogP contribution in [0.1, 0.15) is 48.0 Å². The van der Waals surface area contributed by atoms with Gasteiger partial charge in [-0.15, -0.1) is 0 Å². The van der Waals surface area contributed by atoms with Crippen molar-refractivity contribution in [2.45, 2.75) is 54.0 Å². The number of methoxy groups -OCH3 is 1. The van der Waals surface area contributed by atoms with Crippen LogP contribution in [0, 0.1) is 5.92 Å². The molecule has 0 radical (unpaired) electrons. The molecular weight excluding hydrogens is 244 g/mol. The Balaban J connectivity index is 0. The molecule has 0 spiro atoms. The van der Waals surface area contributed by atoms with Crippen molar-refractivity contribution in [3.63, 3.8) is 0 Å². The van der Waals surface area contributed by atoms with Gasteiger partial charge in [-0.2, -0.15) is 0 Å². The maximum Gasteiger partial charge on any atom is 0.407 e.